The van der Waals surface area contributed by atoms with Gasteiger partial charge in [-0.2, -0.15) is 0 Å². The fourth-order valence-corrected chi connectivity index (χ4v) is 2.90. The van der Waals surface area contributed by atoms with Crippen molar-refractivity contribution in [2.45, 2.75) is 52.7 Å². The number of alkyl carbamates (subject to hydrolysis) is 1. The lowest BCUT2D eigenvalue weighted by atomic mass is 10.1. The van der Waals surface area contributed by atoms with Gasteiger partial charge in [-0.05, 0) is 63.1 Å². The van der Waals surface area contributed by atoms with E-state index in [1.165, 1.54) is 0 Å². The molecular weight excluding hydrogens is 422 g/mol. The number of amides is 3. The first-order valence-corrected chi connectivity index (χ1v) is 11.0. The van der Waals surface area contributed by atoms with Gasteiger partial charge in [-0.15, -0.1) is 0 Å². The van der Waals surface area contributed by atoms with Crippen LogP contribution in [0, 0.1) is 0 Å². The average molecular weight is 456 g/mol. The van der Waals surface area contributed by atoms with Crippen LogP contribution in [0.2, 0.25) is 0 Å². The minimum absolute atomic E-state index is 0.131. The summed E-state index contributed by atoms with van der Waals surface area (Å²) in [5.41, 5.74) is 1.81. The first-order valence-electron chi connectivity index (χ1n) is 11.0. The molecule has 33 heavy (non-hydrogen) atoms. The van der Waals surface area contributed by atoms with Gasteiger partial charge in [0.2, 0.25) is 11.8 Å². The largest absolute Gasteiger partial charge is 0.494 e. The Bertz CT molecular complexity index is 936. The number of anilines is 1. The van der Waals surface area contributed by atoms with Crippen molar-refractivity contribution in [1.82, 2.24) is 10.6 Å². The van der Waals surface area contributed by atoms with Gasteiger partial charge in [0.05, 0.1) is 13.0 Å². The summed E-state index contributed by atoms with van der Waals surface area (Å²) < 4.78 is 10.5. The Hall–Kier alpha value is -3.55. The molecule has 0 heterocycles. The van der Waals surface area contributed by atoms with Gasteiger partial charge in [0, 0.05) is 25.2 Å². The number of ether oxygens (including phenoxy) is 2. The van der Waals surface area contributed by atoms with Gasteiger partial charge < -0.3 is 25.4 Å². The van der Waals surface area contributed by atoms with Crippen molar-refractivity contribution in [2.24, 2.45) is 0 Å². The molecule has 2 aromatic rings. The summed E-state index contributed by atoms with van der Waals surface area (Å²) >= 11 is 0. The fourth-order valence-electron chi connectivity index (χ4n) is 2.90. The minimum atomic E-state index is -0.582. The van der Waals surface area contributed by atoms with E-state index in [-0.39, 0.29) is 31.2 Å². The minimum Gasteiger partial charge on any atom is -0.494 e. The van der Waals surface area contributed by atoms with Crippen molar-refractivity contribution in [1.29, 1.82) is 0 Å². The number of nitrogens with one attached hydrogen (secondary N) is 3. The Kier molecular flexibility index (Phi) is 9.72. The molecule has 0 saturated heterocycles. The van der Waals surface area contributed by atoms with Crippen LogP contribution < -0.4 is 20.7 Å². The highest BCUT2D eigenvalue weighted by atomic mass is 16.6. The highest BCUT2D eigenvalue weighted by Gasteiger charge is 2.15. The molecule has 8 nitrogen and oxygen atoms in total. The van der Waals surface area contributed by atoms with Crippen LogP contribution in [0.1, 0.15) is 45.2 Å². The van der Waals surface area contributed by atoms with Gasteiger partial charge in [-0.3, -0.25) is 9.59 Å². The molecule has 0 atom stereocenters. The summed E-state index contributed by atoms with van der Waals surface area (Å²) in [6.07, 6.45) is -0.167. The van der Waals surface area contributed by atoms with Crippen molar-refractivity contribution in [3.8, 4) is 5.75 Å². The van der Waals surface area contributed by atoms with Gasteiger partial charge in [-0.1, -0.05) is 24.3 Å². The number of benzene rings is 2. The number of hydrogen-bond acceptors (Lipinski definition) is 5. The van der Waals surface area contributed by atoms with Crippen LogP contribution in [-0.2, 0) is 27.3 Å². The van der Waals surface area contributed by atoms with E-state index < -0.39 is 11.7 Å². The molecule has 0 spiro atoms. The van der Waals surface area contributed by atoms with Crippen molar-refractivity contribution < 1.29 is 23.9 Å². The van der Waals surface area contributed by atoms with Crippen molar-refractivity contribution in [3.63, 3.8) is 0 Å². The van der Waals surface area contributed by atoms with E-state index >= 15 is 0 Å². The van der Waals surface area contributed by atoms with Gasteiger partial charge in [0.1, 0.15) is 11.4 Å². The molecular formula is C25H33N3O5. The second kappa shape index (κ2) is 12.5. The molecule has 8 heteroatoms. The highest BCUT2D eigenvalue weighted by Crippen LogP contribution is 2.14. The lowest BCUT2D eigenvalue weighted by molar-refractivity contribution is -0.121. The molecule has 0 aliphatic heterocycles. The summed E-state index contributed by atoms with van der Waals surface area (Å²) in [5.74, 6) is 0.446. The topological polar surface area (TPSA) is 106 Å². The molecule has 3 amide bonds. The predicted molar refractivity (Wildman–Crippen MR) is 127 cm³/mol. The fraction of sp³-hybridized carbons (Fsp3) is 0.400. The molecule has 0 fully saturated rings. The Morgan fingerprint density at radius 2 is 1.64 bits per heavy atom. The van der Waals surface area contributed by atoms with Crippen molar-refractivity contribution in [3.05, 3.63) is 59.7 Å². The third-order valence-corrected chi connectivity index (χ3v) is 4.32. The normalized spacial score (nSPS) is 10.8. The van der Waals surface area contributed by atoms with Crippen LogP contribution >= 0.6 is 0 Å². The van der Waals surface area contributed by atoms with Crippen LogP contribution in [-0.4, -0.2) is 36.7 Å². The molecule has 0 radical (unpaired) electrons. The maximum Gasteiger partial charge on any atom is 0.407 e. The number of hydrogen-bond donors (Lipinski definition) is 3. The zero-order valence-corrected chi connectivity index (χ0v) is 19.7. The second-order valence-corrected chi connectivity index (χ2v) is 8.46. The summed E-state index contributed by atoms with van der Waals surface area (Å²) in [6, 6.07) is 14.7. The summed E-state index contributed by atoms with van der Waals surface area (Å²) in [5, 5.41) is 8.23. The van der Waals surface area contributed by atoms with Crippen LogP contribution in [0.3, 0.4) is 0 Å². The molecule has 0 aromatic heterocycles. The molecule has 2 rings (SSSR count). The SMILES string of the molecule is CCOc1ccc(CC(=O)Nc2cccc(CNC(=O)CCNC(=O)OC(C)(C)C)c2)cc1. The average Bonchev–Trinajstić information content (AvgIpc) is 2.73. The predicted octanol–water partition coefficient (Wildman–Crippen LogP) is 3.80. The molecule has 0 unspecified atom stereocenters. The summed E-state index contributed by atoms with van der Waals surface area (Å²) in [7, 11) is 0. The van der Waals surface area contributed by atoms with Gasteiger partial charge in [-0.25, -0.2) is 4.79 Å². The first kappa shape index (κ1) is 25.7. The molecule has 0 aliphatic carbocycles. The Morgan fingerprint density at radius 3 is 2.30 bits per heavy atom. The monoisotopic (exact) mass is 455 g/mol. The molecule has 0 saturated carbocycles. The lowest BCUT2D eigenvalue weighted by Crippen LogP contribution is -2.35. The molecule has 2 aromatic carbocycles. The molecule has 0 bridgehead atoms. The summed E-state index contributed by atoms with van der Waals surface area (Å²) in [6.45, 7) is 8.34. The quantitative estimate of drug-likeness (QED) is 0.505. The van der Waals surface area contributed by atoms with Crippen molar-refractivity contribution in [2.75, 3.05) is 18.5 Å². The molecule has 178 valence electrons. The standard InChI is InChI=1S/C25H33N3O5/c1-5-32-21-11-9-18(10-12-21)16-23(30)28-20-8-6-7-19(15-20)17-27-22(29)13-14-26-24(31)33-25(2,3)4/h6-12,15H,5,13-14,16-17H2,1-4H3,(H,26,31)(H,27,29)(H,28,30). The third kappa shape index (κ3) is 10.5. The Morgan fingerprint density at radius 1 is 0.909 bits per heavy atom. The number of rotatable bonds is 10. The smallest absolute Gasteiger partial charge is 0.407 e. The lowest BCUT2D eigenvalue weighted by Gasteiger charge is -2.19. The van der Waals surface area contributed by atoms with E-state index in [0.717, 1.165) is 16.9 Å². The van der Waals surface area contributed by atoms with Crippen molar-refractivity contribution >= 4 is 23.6 Å². The van der Waals surface area contributed by atoms with E-state index in [2.05, 4.69) is 16.0 Å². The van der Waals surface area contributed by atoms with Crippen LogP contribution in [0.5, 0.6) is 5.75 Å². The van der Waals surface area contributed by atoms with E-state index in [0.29, 0.717) is 18.8 Å². The summed E-state index contributed by atoms with van der Waals surface area (Å²) in [4.78, 5) is 36.0. The van der Waals surface area contributed by atoms with E-state index in [9.17, 15) is 14.4 Å². The van der Waals surface area contributed by atoms with Crippen LogP contribution in [0.4, 0.5) is 10.5 Å². The van der Waals surface area contributed by atoms with E-state index in [1.54, 1.807) is 26.8 Å². The molecule has 0 aliphatic rings. The van der Waals surface area contributed by atoms with Crippen LogP contribution in [0.25, 0.3) is 0 Å². The maximum absolute atomic E-state index is 12.4. The maximum atomic E-state index is 12.4. The third-order valence-electron chi connectivity index (χ3n) is 4.32. The van der Waals surface area contributed by atoms with Crippen LogP contribution in [0.15, 0.2) is 48.5 Å². The van der Waals surface area contributed by atoms with Gasteiger partial charge in [0.15, 0.2) is 0 Å². The number of carbonyl (C=O) groups excluding carboxylic acids is 3. The highest BCUT2D eigenvalue weighted by molar-refractivity contribution is 5.92. The van der Waals surface area contributed by atoms with Gasteiger partial charge in [0.25, 0.3) is 0 Å². The Balaban J connectivity index is 1.75. The zero-order chi connectivity index (χ0) is 24.3. The number of carbonyl (C=O) groups is 3. The van der Waals surface area contributed by atoms with Gasteiger partial charge >= 0.3 is 6.09 Å². The zero-order valence-electron chi connectivity index (χ0n) is 19.7. The Labute approximate surface area is 195 Å². The molecule has 3 N–H and O–H groups in total. The van der Waals surface area contributed by atoms with E-state index in [1.807, 2.05) is 49.4 Å². The van der Waals surface area contributed by atoms with E-state index in [4.69, 9.17) is 9.47 Å². The first-order chi connectivity index (χ1) is 15.6. The second-order valence-electron chi connectivity index (χ2n) is 8.46.